The van der Waals surface area contributed by atoms with Gasteiger partial charge in [0.15, 0.2) is 0 Å². The average molecular weight is 544 g/mol. The minimum Gasteiger partial charge on any atom is -0.244 e. The molecule has 0 radical (unpaired) electrons. The van der Waals surface area contributed by atoms with Crippen molar-refractivity contribution in [2.75, 3.05) is 0 Å². The van der Waals surface area contributed by atoms with Gasteiger partial charge in [0.05, 0.1) is 28.6 Å². The summed E-state index contributed by atoms with van der Waals surface area (Å²) in [6, 6.07) is 36.5. The van der Waals surface area contributed by atoms with Crippen LogP contribution < -0.4 is 0 Å². The first-order valence-corrected chi connectivity index (χ1v) is 13.5. The predicted octanol–water partition coefficient (Wildman–Crippen LogP) is 10.4. The Morgan fingerprint density at radius 1 is 0.500 bits per heavy atom. The molecule has 1 aromatic heterocycles. The molecule has 0 amide bonds. The second-order valence-corrected chi connectivity index (χ2v) is 10.3. The zero-order valence-electron chi connectivity index (χ0n) is 22.1. The Kier molecular flexibility index (Phi) is 5.25. The number of para-hydroxylation sites is 2. The Morgan fingerprint density at radius 3 is 1.60 bits per heavy atom. The van der Waals surface area contributed by atoms with Crippen LogP contribution in [0.3, 0.4) is 0 Å². The molecule has 0 N–H and O–H groups in total. The molecule has 1 heterocycles. The van der Waals surface area contributed by atoms with Crippen molar-refractivity contribution in [2.24, 2.45) is 0 Å². The molecule has 5 heteroatoms. The fourth-order valence-electron chi connectivity index (χ4n) is 6.20. The lowest BCUT2D eigenvalue weighted by Gasteiger charge is -2.20. The van der Waals surface area contributed by atoms with Crippen molar-refractivity contribution in [3.8, 4) is 22.3 Å². The van der Waals surface area contributed by atoms with E-state index >= 15 is 4.39 Å². The van der Waals surface area contributed by atoms with Crippen LogP contribution in [0, 0.1) is 18.2 Å². The highest BCUT2D eigenvalue weighted by molar-refractivity contribution is 6.25. The summed E-state index contributed by atoms with van der Waals surface area (Å²) < 4.78 is 30.1. The summed E-state index contributed by atoms with van der Waals surface area (Å²) in [5.41, 5.74) is 5.47. The maximum atomic E-state index is 15.7. The van der Waals surface area contributed by atoms with Crippen LogP contribution in [0.1, 0.15) is 0 Å². The number of hydrogen-bond donors (Lipinski definition) is 0. The predicted molar refractivity (Wildman–Crippen MR) is 167 cm³/mol. The third-order valence-corrected chi connectivity index (χ3v) is 8.00. The SMILES string of the molecule is [C-]#[N+]c1c(F)ccc(-c2c3ccccc3c(-c3cc4nc5ccccc5nc4c4ccccc34)c3ccccc23)c1F. The van der Waals surface area contributed by atoms with E-state index in [1.807, 2.05) is 84.9 Å². The lowest BCUT2D eigenvalue weighted by Crippen LogP contribution is -1.95. The van der Waals surface area contributed by atoms with Crippen LogP contribution in [-0.2, 0) is 0 Å². The highest BCUT2D eigenvalue weighted by Gasteiger charge is 2.23. The number of aromatic nitrogens is 2. The van der Waals surface area contributed by atoms with Gasteiger partial charge in [-0.25, -0.2) is 23.6 Å². The third-order valence-electron chi connectivity index (χ3n) is 8.00. The molecular formula is C37H19F2N3. The Morgan fingerprint density at radius 2 is 1.00 bits per heavy atom. The molecule has 0 saturated carbocycles. The second-order valence-electron chi connectivity index (χ2n) is 10.3. The highest BCUT2D eigenvalue weighted by atomic mass is 19.1. The Balaban J connectivity index is 1.56. The molecule has 0 bridgehead atoms. The first-order valence-electron chi connectivity index (χ1n) is 13.5. The normalized spacial score (nSPS) is 11.5. The van der Waals surface area contributed by atoms with Crippen molar-refractivity contribution >= 4 is 60.1 Å². The fourth-order valence-corrected chi connectivity index (χ4v) is 6.20. The minimum atomic E-state index is -0.868. The van der Waals surface area contributed by atoms with E-state index in [1.54, 1.807) is 0 Å². The van der Waals surface area contributed by atoms with E-state index in [-0.39, 0.29) is 5.56 Å². The topological polar surface area (TPSA) is 30.1 Å². The van der Waals surface area contributed by atoms with E-state index in [9.17, 15) is 4.39 Å². The van der Waals surface area contributed by atoms with Gasteiger partial charge in [0.1, 0.15) is 11.6 Å². The number of hydrogen-bond acceptors (Lipinski definition) is 2. The molecule has 0 unspecified atom stereocenters. The maximum absolute atomic E-state index is 15.7. The maximum Gasteiger partial charge on any atom is 0.257 e. The Labute approximate surface area is 239 Å². The Hall–Kier alpha value is -5.73. The quantitative estimate of drug-likeness (QED) is 0.123. The van der Waals surface area contributed by atoms with Gasteiger partial charge in [0, 0.05) is 10.9 Å². The van der Waals surface area contributed by atoms with Gasteiger partial charge >= 0.3 is 0 Å². The van der Waals surface area contributed by atoms with Crippen LogP contribution in [-0.4, -0.2) is 9.97 Å². The van der Waals surface area contributed by atoms with Crippen LogP contribution in [0.2, 0.25) is 0 Å². The molecule has 0 aliphatic rings. The fraction of sp³-hybridized carbons (Fsp3) is 0. The smallest absolute Gasteiger partial charge is 0.244 e. The Bertz CT molecular complexity index is 2400. The van der Waals surface area contributed by atoms with E-state index in [0.29, 0.717) is 5.56 Å². The van der Waals surface area contributed by atoms with Gasteiger partial charge in [0.2, 0.25) is 0 Å². The molecule has 8 aromatic rings. The molecule has 8 rings (SSSR count). The van der Waals surface area contributed by atoms with Gasteiger partial charge in [-0.2, -0.15) is 0 Å². The van der Waals surface area contributed by atoms with E-state index in [4.69, 9.17) is 16.5 Å². The van der Waals surface area contributed by atoms with Crippen LogP contribution in [0.25, 0.3) is 81.5 Å². The minimum absolute atomic E-state index is 0.196. The summed E-state index contributed by atoms with van der Waals surface area (Å²) >= 11 is 0. The number of rotatable bonds is 2. The molecular weight excluding hydrogens is 524 g/mol. The molecule has 3 nitrogen and oxygen atoms in total. The summed E-state index contributed by atoms with van der Waals surface area (Å²) in [7, 11) is 0. The van der Waals surface area contributed by atoms with Crippen LogP contribution in [0.15, 0.2) is 115 Å². The lowest BCUT2D eigenvalue weighted by molar-refractivity contribution is 0.596. The summed E-state index contributed by atoms with van der Waals surface area (Å²) in [5, 5.41) is 5.46. The van der Waals surface area contributed by atoms with Crippen molar-refractivity contribution in [3.63, 3.8) is 0 Å². The molecule has 0 aliphatic carbocycles. The number of fused-ring (bicyclic) bond motifs is 6. The highest BCUT2D eigenvalue weighted by Crippen LogP contribution is 2.47. The molecule has 196 valence electrons. The monoisotopic (exact) mass is 543 g/mol. The van der Waals surface area contributed by atoms with E-state index in [1.165, 1.54) is 12.1 Å². The van der Waals surface area contributed by atoms with Gasteiger partial charge < -0.3 is 0 Å². The molecule has 0 saturated heterocycles. The molecule has 0 spiro atoms. The number of nitrogens with zero attached hydrogens (tertiary/aromatic N) is 3. The summed E-state index contributed by atoms with van der Waals surface area (Å²) in [4.78, 5) is 13.1. The van der Waals surface area contributed by atoms with Crippen molar-refractivity contribution in [1.82, 2.24) is 9.97 Å². The molecule has 7 aromatic carbocycles. The standard InChI is InChI=1S/C37H19F2N3/c1-40-37-29(38)19-18-27(35(37)39)33-22-11-3-5-13-24(22)34(25-14-6-4-12-23(25)33)28-20-32-36(26-15-7-2-10-21(26)28)42-31-17-9-8-16-30(31)41-32/h2-20H. The van der Waals surface area contributed by atoms with Gasteiger partial charge in [0.25, 0.3) is 5.69 Å². The first-order chi connectivity index (χ1) is 20.6. The number of benzene rings is 7. The van der Waals surface area contributed by atoms with Crippen molar-refractivity contribution in [3.05, 3.63) is 138 Å². The van der Waals surface area contributed by atoms with Gasteiger partial charge in [-0.1, -0.05) is 91.0 Å². The molecule has 42 heavy (non-hydrogen) atoms. The second kappa shape index (κ2) is 9.15. The zero-order valence-corrected chi connectivity index (χ0v) is 22.1. The average Bonchev–Trinajstić information content (AvgIpc) is 3.03. The largest absolute Gasteiger partial charge is 0.257 e. The van der Waals surface area contributed by atoms with Crippen LogP contribution in [0.5, 0.6) is 0 Å². The van der Waals surface area contributed by atoms with Crippen LogP contribution in [0.4, 0.5) is 14.5 Å². The summed E-state index contributed by atoms with van der Waals surface area (Å²) in [6.07, 6.45) is 0. The van der Waals surface area contributed by atoms with Crippen molar-refractivity contribution in [1.29, 1.82) is 0 Å². The summed E-state index contributed by atoms with van der Waals surface area (Å²) in [6.45, 7) is 7.38. The zero-order chi connectivity index (χ0) is 28.4. The van der Waals surface area contributed by atoms with Crippen molar-refractivity contribution < 1.29 is 8.78 Å². The molecule has 0 fully saturated rings. The van der Waals surface area contributed by atoms with E-state index < -0.39 is 17.3 Å². The lowest BCUT2D eigenvalue weighted by atomic mass is 9.84. The van der Waals surface area contributed by atoms with E-state index in [0.717, 1.165) is 65.5 Å². The molecule has 0 atom stereocenters. The van der Waals surface area contributed by atoms with Gasteiger partial charge in [-0.15, -0.1) is 0 Å². The van der Waals surface area contributed by atoms with Gasteiger partial charge in [-0.3, -0.25) is 0 Å². The van der Waals surface area contributed by atoms with Crippen molar-refractivity contribution in [2.45, 2.75) is 0 Å². The third kappa shape index (κ3) is 3.42. The van der Waals surface area contributed by atoms with Crippen LogP contribution >= 0.6 is 0 Å². The number of halogens is 2. The molecule has 0 aliphatic heterocycles. The first kappa shape index (κ1) is 24.1. The van der Waals surface area contributed by atoms with Gasteiger partial charge in [-0.05, 0) is 67.9 Å². The van der Waals surface area contributed by atoms with E-state index in [2.05, 4.69) is 23.0 Å². The summed E-state index contributed by atoms with van der Waals surface area (Å²) in [5.74, 6) is -1.72.